The van der Waals surface area contributed by atoms with Gasteiger partial charge in [-0.15, -0.1) is 11.3 Å². The van der Waals surface area contributed by atoms with Gasteiger partial charge in [-0.05, 0) is 37.7 Å². The fourth-order valence-corrected chi connectivity index (χ4v) is 2.21. The van der Waals surface area contributed by atoms with Crippen molar-refractivity contribution in [1.29, 1.82) is 0 Å². The lowest BCUT2D eigenvalue weighted by Crippen LogP contribution is -2.09. The fourth-order valence-electron chi connectivity index (χ4n) is 1.50. The molecule has 15 heavy (non-hydrogen) atoms. The van der Waals surface area contributed by atoms with Crippen molar-refractivity contribution in [3.05, 3.63) is 46.0 Å². The van der Waals surface area contributed by atoms with Crippen LogP contribution in [0.15, 0.2) is 34.1 Å². The van der Waals surface area contributed by atoms with E-state index in [1.54, 1.807) is 11.3 Å². The number of hydrogen-bond acceptors (Lipinski definition) is 3. The molecule has 3 heteroatoms. The van der Waals surface area contributed by atoms with Crippen LogP contribution in [0.2, 0.25) is 0 Å². The highest BCUT2D eigenvalue weighted by Gasteiger charge is 2.04. The van der Waals surface area contributed by atoms with Crippen molar-refractivity contribution in [2.24, 2.45) is 0 Å². The topological polar surface area (TPSA) is 16.4 Å². The van der Waals surface area contributed by atoms with Crippen molar-refractivity contribution < 1.29 is 4.42 Å². The first-order chi connectivity index (χ1) is 7.24. The van der Waals surface area contributed by atoms with Gasteiger partial charge in [0.05, 0.1) is 6.54 Å². The van der Waals surface area contributed by atoms with Crippen molar-refractivity contribution in [1.82, 2.24) is 4.90 Å². The van der Waals surface area contributed by atoms with Gasteiger partial charge in [-0.1, -0.05) is 6.07 Å². The molecule has 0 amide bonds. The van der Waals surface area contributed by atoms with E-state index in [2.05, 4.69) is 34.5 Å². The summed E-state index contributed by atoms with van der Waals surface area (Å²) in [5.41, 5.74) is 0. The second-order valence-corrected chi connectivity index (χ2v) is 4.89. The molecule has 2 heterocycles. The van der Waals surface area contributed by atoms with E-state index in [-0.39, 0.29) is 0 Å². The van der Waals surface area contributed by atoms with Gasteiger partial charge in [-0.2, -0.15) is 0 Å². The van der Waals surface area contributed by atoms with E-state index in [4.69, 9.17) is 4.42 Å². The SMILES string of the molecule is CN(C)Cc1ccc(Cc2cccs2)o1. The Bertz CT molecular complexity index is 403. The average molecular weight is 221 g/mol. The van der Waals surface area contributed by atoms with E-state index in [0.29, 0.717) is 0 Å². The van der Waals surface area contributed by atoms with E-state index in [0.717, 1.165) is 24.5 Å². The molecule has 0 aliphatic rings. The van der Waals surface area contributed by atoms with Crippen LogP contribution in [0, 0.1) is 0 Å². The number of thiophene rings is 1. The molecule has 0 bridgehead atoms. The third-order valence-corrected chi connectivity index (χ3v) is 2.99. The lowest BCUT2D eigenvalue weighted by Gasteiger charge is -2.05. The van der Waals surface area contributed by atoms with Gasteiger partial charge in [0, 0.05) is 11.3 Å². The smallest absolute Gasteiger partial charge is 0.118 e. The first-order valence-electron chi connectivity index (χ1n) is 4.99. The Morgan fingerprint density at radius 2 is 2.00 bits per heavy atom. The summed E-state index contributed by atoms with van der Waals surface area (Å²) in [5, 5.41) is 2.10. The molecule has 0 fully saturated rings. The molecule has 2 aromatic rings. The molecule has 2 aromatic heterocycles. The molecular formula is C12H15NOS. The predicted octanol–water partition coefficient (Wildman–Crippen LogP) is 2.99. The molecule has 0 N–H and O–H groups in total. The lowest BCUT2D eigenvalue weighted by molar-refractivity contribution is 0.343. The minimum Gasteiger partial charge on any atom is -0.464 e. The Kier molecular flexibility index (Phi) is 3.23. The van der Waals surface area contributed by atoms with Crippen LogP contribution in [-0.2, 0) is 13.0 Å². The van der Waals surface area contributed by atoms with Gasteiger partial charge in [0.2, 0.25) is 0 Å². The Morgan fingerprint density at radius 3 is 2.67 bits per heavy atom. The van der Waals surface area contributed by atoms with Crippen molar-refractivity contribution in [3.8, 4) is 0 Å². The van der Waals surface area contributed by atoms with Crippen LogP contribution >= 0.6 is 11.3 Å². The Hall–Kier alpha value is -1.06. The molecule has 0 aromatic carbocycles. The van der Waals surface area contributed by atoms with Crippen LogP contribution in [0.4, 0.5) is 0 Å². The highest BCUT2D eigenvalue weighted by Crippen LogP contribution is 2.17. The highest BCUT2D eigenvalue weighted by molar-refractivity contribution is 7.09. The lowest BCUT2D eigenvalue weighted by atomic mass is 10.3. The third-order valence-electron chi connectivity index (χ3n) is 2.12. The maximum Gasteiger partial charge on any atom is 0.118 e. The maximum absolute atomic E-state index is 5.73. The minimum absolute atomic E-state index is 0.866. The van der Waals surface area contributed by atoms with E-state index < -0.39 is 0 Å². The molecule has 80 valence electrons. The molecule has 0 spiro atoms. The molecule has 2 nitrogen and oxygen atoms in total. The quantitative estimate of drug-likeness (QED) is 0.789. The predicted molar refractivity (Wildman–Crippen MR) is 63.2 cm³/mol. The van der Waals surface area contributed by atoms with Crippen molar-refractivity contribution in [3.63, 3.8) is 0 Å². The summed E-state index contributed by atoms with van der Waals surface area (Å²) in [6, 6.07) is 8.34. The Labute approximate surface area is 94.1 Å². The van der Waals surface area contributed by atoms with Gasteiger partial charge in [-0.3, -0.25) is 0 Å². The zero-order chi connectivity index (χ0) is 10.7. The molecule has 0 aliphatic heterocycles. The monoisotopic (exact) mass is 221 g/mol. The van der Waals surface area contributed by atoms with Gasteiger partial charge >= 0.3 is 0 Å². The molecule has 0 saturated heterocycles. The van der Waals surface area contributed by atoms with Crippen LogP contribution in [0.1, 0.15) is 16.4 Å². The highest BCUT2D eigenvalue weighted by atomic mass is 32.1. The minimum atomic E-state index is 0.866. The summed E-state index contributed by atoms with van der Waals surface area (Å²) in [7, 11) is 4.09. The van der Waals surface area contributed by atoms with Crippen molar-refractivity contribution in [2.75, 3.05) is 14.1 Å². The van der Waals surface area contributed by atoms with Crippen LogP contribution in [0.3, 0.4) is 0 Å². The standard InChI is InChI=1S/C12H15NOS/c1-13(2)9-11-6-5-10(14-11)8-12-4-3-7-15-12/h3-7H,8-9H2,1-2H3. The van der Waals surface area contributed by atoms with E-state index >= 15 is 0 Å². The summed E-state index contributed by atoms with van der Waals surface area (Å²) < 4.78 is 5.73. The molecule has 2 rings (SSSR count). The third kappa shape index (κ3) is 2.94. The fraction of sp³-hybridized carbons (Fsp3) is 0.333. The van der Waals surface area contributed by atoms with E-state index in [9.17, 15) is 0 Å². The van der Waals surface area contributed by atoms with Gasteiger partial charge in [0.25, 0.3) is 0 Å². The van der Waals surface area contributed by atoms with Gasteiger partial charge in [0.1, 0.15) is 11.5 Å². The number of rotatable bonds is 4. The summed E-state index contributed by atoms with van der Waals surface area (Å²) in [5.74, 6) is 2.08. The molecular weight excluding hydrogens is 206 g/mol. The summed E-state index contributed by atoms with van der Waals surface area (Å²) >= 11 is 1.77. The Balaban J connectivity index is 2.01. The molecule has 0 aliphatic carbocycles. The van der Waals surface area contributed by atoms with Crippen molar-refractivity contribution >= 4 is 11.3 Å². The second-order valence-electron chi connectivity index (χ2n) is 3.86. The molecule has 0 unspecified atom stereocenters. The van der Waals surface area contributed by atoms with Crippen LogP contribution in [0.25, 0.3) is 0 Å². The molecule has 0 saturated carbocycles. The largest absolute Gasteiger partial charge is 0.464 e. The summed E-state index contributed by atoms with van der Waals surface area (Å²) in [6.45, 7) is 0.866. The zero-order valence-corrected chi connectivity index (χ0v) is 9.88. The summed E-state index contributed by atoms with van der Waals surface area (Å²) in [6.07, 6.45) is 0.908. The molecule has 0 atom stereocenters. The van der Waals surface area contributed by atoms with Gasteiger partial charge in [0.15, 0.2) is 0 Å². The van der Waals surface area contributed by atoms with Crippen LogP contribution < -0.4 is 0 Å². The van der Waals surface area contributed by atoms with Crippen LogP contribution in [-0.4, -0.2) is 19.0 Å². The normalized spacial score (nSPS) is 11.1. The maximum atomic E-state index is 5.73. The molecule has 0 radical (unpaired) electrons. The first-order valence-corrected chi connectivity index (χ1v) is 5.87. The average Bonchev–Trinajstić information content (AvgIpc) is 2.77. The zero-order valence-electron chi connectivity index (χ0n) is 9.06. The number of hydrogen-bond donors (Lipinski definition) is 0. The van der Waals surface area contributed by atoms with E-state index in [1.165, 1.54) is 4.88 Å². The van der Waals surface area contributed by atoms with Crippen LogP contribution in [0.5, 0.6) is 0 Å². The van der Waals surface area contributed by atoms with Gasteiger partial charge < -0.3 is 9.32 Å². The second kappa shape index (κ2) is 4.64. The number of nitrogens with zero attached hydrogens (tertiary/aromatic N) is 1. The Morgan fingerprint density at radius 1 is 1.20 bits per heavy atom. The van der Waals surface area contributed by atoms with Gasteiger partial charge in [-0.25, -0.2) is 0 Å². The van der Waals surface area contributed by atoms with E-state index in [1.807, 2.05) is 14.1 Å². The van der Waals surface area contributed by atoms with Crippen molar-refractivity contribution in [2.45, 2.75) is 13.0 Å². The number of furan rings is 1. The summed E-state index contributed by atoms with van der Waals surface area (Å²) in [4.78, 5) is 3.45. The first kappa shape index (κ1) is 10.5.